The third-order valence-electron chi connectivity index (χ3n) is 6.01. The van der Waals surface area contributed by atoms with Gasteiger partial charge in [0.2, 0.25) is 11.8 Å². The van der Waals surface area contributed by atoms with E-state index in [-0.39, 0.29) is 17.3 Å². The molecule has 0 heterocycles. The fraction of sp³-hybridized carbons (Fsp3) is 0.333. The smallest absolute Gasteiger partial charge is 0.264 e. The van der Waals surface area contributed by atoms with Crippen LogP contribution in [0.15, 0.2) is 89.8 Å². The molecule has 0 aliphatic carbocycles. The van der Waals surface area contributed by atoms with Gasteiger partial charge in [0.15, 0.2) is 0 Å². The van der Waals surface area contributed by atoms with E-state index in [1.807, 2.05) is 58.9 Å². The standard InChI is InChI=1S/C30H37N3O4S/c1-6-27(29(35)31-30(3,4)5)32(21-24-19-17-23(2)18-20-24)28(34)22-33(25-13-9-7-10-14-25)38(36,37)26-15-11-8-12-16-26/h7-20,27H,6,21-22H2,1-5H3,(H,31,35)/t27-/m0/s1. The van der Waals surface area contributed by atoms with E-state index in [1.165, 1.54) is 17.0 Å². The first-order valence-electron chi connectivity index (χ1n) is 12.7. The van der Waals surface area contributed by atoms with Gasteiger partial charge in [-0.1, -0.05) is 73.2 Å². The number of para-hydroxylation sites is 1. The van der Waals surface area contributed by atoms with Crippen molar-refractivity contribution in [1.82, 2.24) is 10.2 Å². The highest BCUT2D eigenvalue weighted by atomic mass is 32.2. The van der Waals surface area contributed by atoms with Crippen LogP contribution in [0.3, 0.4) is 0 Å². The Labute approximate surface area is 226 Å². The molecule has 7 nitrogen and oxygen atoms in total. The molecule has 0 aromatic heterocycles. The zero-order chi connectivity index (χ0) is 27.9. The minimum Gasteiger partial charge on any atom is -0.350 e. The summed E-state index contributed by atoms with van der Waals surface area (Å²) in [6, 6.07) is 23.5. The minimum absolute atomic E-state index is 0.0826. The van der Waals surface area contributed by atoms with Crippen molar-refractivity contribution in [1.29, 1.82) is 0 Å². The number of nitrogens with zero attached hydrogens (tertiary/aromatic N) is 2. The number of sulfonamides is 1. The Morgan fingerprint density at radius 1 is 0.868 bits per heavy atom. The molecule has 0 saturated carbocycles. The highest BCUT2D eigenvalue weighted by Crippen LogP contribution is 2.24. The van der Waals surface area contributed by atoms with Crippen molar-refractivity contribution in [2.45, 2.75) is 64.1 Å². The maximum absolute atomic E-state index is 14.0. The van der Waals surface area contributed by atoms with Crippen molar-refractivity contribution in [2.24, 2.45) is 0 Å². The molecule has 3 aromatic rings. The van der Waals surface area contributed by atoms with Gasteiger partial charge in [0.1, 0.15) is 12.6 Å². The minimum atomic E-state index is -4.06. The summed E-state index contributed by atoms with van der Waals surface area (Å²) in [5.74, 6) is -0.748. The lowest BCUT2D eigenvalue weighted by Gasteiger charge is -2.34. The van der Waals surface area contributed by atoms with Gasteiger partial charge >= 0.3 is 0 Å². The molecule has 3 rings (SSSR count). The molecule has 0 aliphatic rings. The van der Waals surface area contributed by atoms with Crippen LogP contribution >= 0.6 is 0 Å². The van der Waals surface area contributed by atoms with Crippen molar-refractivity contribution >= 4 is 27.5 Å². The summed E-state index contributed by atoms with van der Waals surface area (Å²) in [6.07, 6.45) is 0.371. The fourth-order valence-corrected chi connectivity index (χ4v) is 5.54. The van der Waals surface area contributed by atoms with Gasteiger partial charge in [-0.05, 0) is 63.9 Å². The van der Waals surface area contributed by atoms with Gasteiger partial charge in [0.05, 0.1) is 10.6 Å². The average molecular weight is 536 g/mol. The first-order valence-corrected chi connectivity index (χ1v) is 14.2. The normalized spacial score (nSPS) is 12.4. The van der Waals surface area contributed by atoms with Crippen LogP contribution in [-0.4, -0.2) is 43.3 Å². The molecule has 8 heteroatoms. The van der Waals surface area contributed by atoms with E-state index in [4.69, 9.17) is 0 Å². The summed E-state index contributed by atoms with van der Waals surface area (Å²) in [5, 5.41) is 2.98. The van der Waals surface area contributed by atoms with Gasteiger partial charge in [-0.2, -0.15) is 0 Å². The lowest BCUT2D eigenvalue weighted by atomic mass is 10.1. The SMILES string of the molecule is CC[C@@H](C(=O)NC(C)(C)C)N(Cc1ccc(C)cc1)C(=O)CN(c1ccccc1)S(=O)(=O)c1ccccc1. The lowest BCUT2D eigenvalue weighted by molar-refractivity contribution is -0.141. The quantitative estimate of drug-likeness (QED) is 0.400. The average Bonchev–Trinajstić information content (AvgIpc) is 2.88. The van der Waals surface area contributed by atoms with E-state index < -0.39 is 34.1 Å². The Bertz CT molecular complexity index is 1320. The van der Waals surface area contributed by atoms with Gasteiger partial charge in [-0.15, -0.1) is 0 Å². The number of nitrogens with one attached hydrogen (secondary N) is 1. The molecule has 0 spiro atoms. The van der Waals surface area contributed by atoms with E-state index in [2.05, 4.69) is 5.32 Å². The molecule has 0 saturated heterocycles. The van der Waals surface area contributed by atoms with Crippen LogP contribution < -0.4 is 9.62 Å². The summed E-state index contributed by atoms with van der Waals surface area (Å²) in [6.45, 7) is 9.19. The number of hydrogen-bond donors (Lipinski definition) is 1. The zero-order valence-electron chi connectivity index (χ0n) is 22.7. The number of carbonyl (C=O) groups excluding carboxylic acids is 2. The molecular weight excluding hydrogens is 498 g/mol. The van der Waals surface area contributed by atoms with Crippen LogP contribution in [0.5, 0.6) is 0 Å². The molecule has 0 aliphatic heterocycles. The zero-order valence-corrected chi connectivity index (χ0v) is 23.5. The van der Waals surface area contributed by atoms with Crippen molar-refractivity contribution in [3.63, 3.8) is 0 Å². The van der Waals surface area contributed by atoms with E-state index in [0.29, 0.717) is 12.1 Å². The summed E-state index contributed by atoms with van der Waals surface area (Å²) in [5.41, 5.74) is 1.80. The molecule has 3 aromatic carbocycles. The maximum Gasteiger partial charge on any atom is 0.264 e. The van der Waals surface area contributed by atoms with Crippen LogP contribution in [-0.2, 0) is 26.2 Å². The van der Waals surface area contributed by atoms with Crippen LogP contribution in [0.2, 0.25) is 0 Å². The van der Waals surface area contributed by atoms with Gasteiger partial charge in [-0.25, -0.2) is 8.42 Å². The highest BCUT2D eigenvalue weighted by molar-refractivity contribution is 7.92. The monoisotopic (exact) mass is 535 g/mol. The van der Waals surface area contributed by atoms with E-state index in [1.54, 1.807) is 48.5 Å². The molecule has 2 amide bonds. The van der Waals surface area contributed by atoms with E-state index >= 15 is 0 Å². The number of hydrogen-bond acceptors (Lipinski definition) is 4. The number of aryl methyl sites for hydroxylation is 1. The predicted molar refractivity (Wildman–Crippen MR) is 151 cm³/mol. The number of anilines is 1. The Kier molecular flexibility index (Phi) is 9.33. The summed E-state index contributed by atoms with van der Waals surface area (Å²) in [4.78, 5) is 28.9. The molecule has 0 radical (unpaired) electrons. The first kappa shape index (κ1) is 28.9. The second-order valence-corrected chi connectivity index (χ2v) is 12.2. The molecule has 0 fully saturated rings. The Hall–Kier alpha value is -3.65. The van der Waals surface area contributed by atoms with Crippen molar-refractivity contribution in [2.75, 3.05) is 10.8 Å². The number of benzene rings is 3. The van der Waals surface area contributed by atoms with E-state index in [9.17, 15) is 18.0 Å². The molecule has 38 heavy (non-hydrogen) atoms. The Balaban J connectivity index is 2.03. The molecule has 0 unspecified atom stereocenters. The van der Waals surface area contributed by atoms with Gasteiger partial charge in [-0.3, -0.25) is 13.9 Å². The van der Waals surface area contributed by atoms with Crippen molar-refractivity contribution in [3.8, 4) is 0 Å². The number of amides is 2. The Morgan fingerprint density at radius 2 is 1.42 bits per heavy atom. The van der Waals surface area contributed by atoms with Gasteiger partial charge in [0, 0.05) is 12.1 Å². The molecule has 0 bridgehead atoms. The van der Waals surface area contributed by atoms with Crippen LogP contribution in [0.1, 0.15) is 45.2 Å². The summed E-state index contributed by atoms with van der Waals surface area (Å²) >= 11 is 0. The lowest BCUT2D eigenvalue weighted by Crippen LogP contribution is -2.55. The topological polar surface area (TPSA) is 86.8 Å². The predicted octanol–water partition coefficient (Wildman–Crippen LogP) is 4.91. The Morgan fingerprint density at radius 3 is 1.95 bits per heavy atom. The first-order chi connectivity index (χ1) is 17.9. The molecular formula is C30H37N3O4S. The van der Waals surface area contributed by atoms with Gasteiger partial charge in [0.25, 0.3) is 10.0 Å². The van der Waals surface area contributed by atoms with E-state index in [0.717, 1.165) is 15.4 Å². The van der Waals surface area contributed by atoms with Crippen LogP contribution in [0, 0.1) is 6.92 Å². The number of rotatable bonds is 10. The number of carbonyl (C=O) groups is 2. The summed E-state index contributed by atoms with van der Waals surface area (Å²) in [7, 11) is -4.06. The van der Waals surface area contributed by atoms with Crippen LogP contribution in [0.25, 0.3) is 0 Å². The van der Waals surface area contributed by atoms with Gasteiger partial charge < -0.3 is 10.2 Å². The second kappa shape index (κ2) is 12.3. The maximum atomic E-state index is 14.0. The molecule has 202 valence electrons. The third kappa shape index (κ3) is 7.44. The van der Waals surface area contributed by atoms with Crippen molar-refractivity contribution in [3.05, 3.63) is 96.1 Å². The highest BCUT2D eigenvalue weighted by Gasteiger charge is 2.34. The largest absolute Gasteiger partial charge is 0.350 e. The van der Waals surface area contributed by atoms with Crippen LogP contribution in [0.4, 0.5) is 5.69 Å². The fourth-order valence-electron chi connectivity index (χ4n) is 4.11. The molecule has 1 atom stereocenters. The molecule has 1 N–H and O–H groups in total. The second-order valence-electron chi connectivity index (χ2n) is 10.3. The third-order valence-corrected chi connectivity index (χ3v) is 7.80. The summed E-state index contributed by atoms with van der Waals surface area (Å²) < 4.78 is 28.6. The van der Waals surface area contributed by atoms with Crippen molar-refractivity contribution < 1.29 is 18.0 Å².